The molecule has 1 aliphatic heterocycles. The van der Waals surface area contributed by atoms with Crippen molar-refractivity contribution in [3.63, 3.8) is 0 Å². The summed E-state index contributed by atoms with van der Waals surface area (Å²) < 4.78 is 21.0. The monoisotopic (exact) mass is 605 g/mol. The van der Waals surface area contributed by atoms with Crippen molar-refractivity contribution in [2.24, 2.45) is 0 Å². The maximum Gasteiger partial charge on any atom is 0.270 e. The number of ether oxygens (including phenoxy) is 1. The Morgan fingerprint density at radius 1 is 1.06 bits per heavy atom. The number of amides is 1. The number of hydrogen-bond donors (Lipinski definition) is 0. The molecule has 4 rings (SSSR count). The molecule has 0 spiro atoms. The van der Waals surface area contributed by atoms with Crippen molar-refractivity contribution in [3.8, 4) is 5.75 Å². The molecule has 0 aromatic heterocycles. The number of thioether (sulfide) groups is 1. The normalized spacial score (nSPS) is 14.9. The molecule has 1 amide bonds. The highest BCUT2D eigenvalue weighted by atomic mass is 79.9. The molecule has 8 heteroatoms. The third-order valence-corrected chi connectivity index (χ3v) is 7.48. The second kappa shape index (κ2) is 10.1. The van der Waals surface area contributed by atoms with E-state index < -0.39 is 0 Å². The number of thiocarbonyl (C=S) groups is 1. The fraction of sp³-hybridized carbons (Fsp3) is 0.120. The van der Waals surface area contributed by atoms with Crippen LogP contribution in [0.2, 0.25) is 0 Å². The molecule has 33 heavy (non-hydrogen) atoms. The minimum atomic E-state index is -0.284. The average Bonchev–Trinajstić information content (AvgIpc) is 3.02. The summed E-state index contributed by atoms with van der Waals surface area (Å²) in [7, 11) is 0. The van der Waals surface area contributed by atoms with Crippen LogP contribution in [-0.4, -0.2) is 10.2 Å². The number of halogens is 3. The van der Waals surface area contributed by atoms with Crippen molar-refractivity contribution < 1.29 is 13.9 Å². The van der Waals surface area contributed by atoms with E-state index in [2.05, 4.69) is 31.9 Å². The maximum absolute atomic E-state index is 13.2. The molecule has 0 atom stereocenters. The van der Waals surface area contributed by atoms with E-state index >= 15 is 0 Å². The molecular weight excluding hydrogens is 589 g/mol. The third kappa shape index (κ3) is 5.40. The first-order valence-electron chi connectivity index (χ1n) is 9.94. The van der Waals surface area contributed by atoms with Gasteiger partial charge in [0.25, 0.3) is 5.91 Å². The molecule has 1 heterocycles. The summed E-state index contributed by atoms with van der Waals surface area (Å²) >= 11 is 13.9. The second-order valence-electron chi connectivity index (χ2n) is 7.54. The van der Waals surface area contributed by atoms with E-state index in [0.29, 0.717) is 21.6 Å². The predicted molar refractivity (Wildman–Crippen MR) is 144 cm³/mol. The number of aryl methyl sites for hydroxylation is 2. The van der Waals surface area contributed by atoms with Gasteiger partial charge in [-0.2, -0.15) is 0 Å². The fourth-order valence-electron chi connectivity index (χ4n) is 3.42. The standard InChI is InChI=1S/C25H18Br2FNO2S2/c1-14-3-8-21(15(2)9-14)29-24(30)22(33-25(29)32)12-17-10-19(26)23(20(27)11-17)31-13-16-4-6-18(28)7-5-16/h3-12H,13H2,1-2H3/b22-12+. The lowest BCUT2D eigenvalue weighted by Crippen LogP contribution is -2.28. The van der Waals surface area contributed by atoms with Gasteiger partial charge in [-0.3, -0.25) is 9.69 Å². The van der Waals surface area contributed by atoms with Gasteiger partial charge in [-0.25, -0.2) is 4.39 Å². The lowest BCUT2D eigenvalue weighted by molar-refractivity contribution is -0.113. The van der Waals surface area contributed by atoms with Gasteiger partial charge in [0, 0.05) is 0 Å². The van der Waals surface area contributed by atoms with E-state index in [1.807, 2.05) is 50.3 Å². The van der Waals surface area contributed by atoms with Gasteiger partial charge in [0.2, 0.25) is 0 Å². The Balaban J connectivity index is 1.55. The summed E-state index contributed by atoms with van der Waals surface area (Å²) in [4.78, 5) is 15.3. The van der Waals surface area contributed by atoms with Crippen LogP contribution in [0.15, 0.2) is 68.4 Å². The lowest BCUT2D eigenvalue weighted by atomic mass is 10.1. The van der Waals surface area contributed by atoms with Crippen molar-refractivity contribution >= 4 is 77.8 Å². The van der Waals surface area contributed by atoms with E-state index in [0.717, 1.165) is 36.9 Å². The largest absolute Gasteiger partial charge is 0.487 e. The SMILES string of the molecule is Cc1ccc(N2C(=O)/C(=C\c3cc(Br)c(OCc4ccc(F)cc4)c(Br)c3)SC2=S)c(C)c1. The van der Waals surface area contributed by atoms with E-state index in [-0.39, 0.29) is 11.7 Å². The Morgan fingerprint density at radius 2 is 1.73 bits per heavy atom. The van der Waals surface area contributed by atoms with Crippen molar-refractivity contribution in [2.75, 3.05) is 4.90 Å². The summed E-state index contributed by atoms with van der Waals surface area (Å²) in [6, 6.07) is 15.9. The highest BCUT2D eigenvalue weighted by Crippen LogP contribution is 2.40. The number of rotatable bonds is 5. The topological polar surface area (TPSA) is 29.5 Å². The van der Waals surface area contributed by atoms with Crippen LogP contribution in [0.3, 0.4) is 0 Å². The van der Waals surface area contributed by atoms with Crippen LogP contribution in [0.1, 0.15) is 22.3 Å². The number of carbonyl (C=O) groups excluding carboxylic acids is 1. The molecule has 0 unspecified atom stereocenters. The predicted octanol–water partition coefficient (Wildman–Crippen LogP) is 7.95. The Hall–Kier alpha value is -2.00. The second-order valence-corrected chi connectivity index (χ2v) is 10.9. The average molecular weight is 607 g/mol. The molecule has 0 radical (unpaired) electrons. The first-order valence-corrected chi connectivity index (χ1v) is 12.8. The smallest absolute Gasteiger partial charge is 0.270 e. The quantitative estimate of drug-likeness (QED) is 0.218. The zero-order valence-electron chi connectivity index (χ0n) is 17.7. The summed E-state index contributed by atoms with van der Waals surface area (Å²) in [5.74, 6) is 0.202. The first-order chi connectivity index (χ1) is 15.7. The van der Waals surface area contributed by atoms with E-state index in [1.165, 1.54) is 23.9 Å². The van der Waals surface area contributed by atoms with Crippen molar-refractivity contribution in [2.45, 2.75) is 20.5 Å². The summed E-state index contributed by atoms with van der Waals surface area (Å²) in [5.41, 5.74) is 4.62. The van der Waals surface area contributed by atoms with Crippen molar-refractivity contribution in [3.05, 3.63) is 96.5 Å². The Bertz CT molecular complexity index is 1270. The number of hydrogen-bond acceptors (Lipinski definition) is 4. The van der Waals surface area contributed by atoms with E-state index in [9.17, 15) is 9.18 Å². The lowest BCUT2D eigenvalue weighted by Gasteiger charge is -2.17. The Kier molecular flexibility index (Phi) is 7.38. The van der Waals surface area contributed by atoms with Crippen LogP contribution >= 0.6 is 55.8 Å². The molecule has 3 nitrogen and oxygen atoms in total. The minimum absolute atomic E-state index is 0.138. The van der Waals surface area contributed by atoms with Crippen LogP contribution in [-0.2, 0) is 11.4 Å². The van der Waals surface area contributed by atoms with Gasteiger partial charge in [0.15, 0.2) is 4.32 Å². The maximum atomic E-state index is 13.2. The van der Waals surface area contributed by atoms with Crippen molar-refractivity contribution in [1.29, 1.82) is 0 Å². The summed E-state index contributed by atoms with van der Waals surface area (Å²) in [6.07, 6.45) is 1.82. The molecule has 3 aromatic rings. The van der Waals surface area contributed by atoms with E-state index in [1.54, 1.807) is 17.0 Å². The van der Waals surface area contributed by atoms with Crippen LogP contribution in [0, 0.1) is 19.7 Å². The molecule has 1 aliphatic rings. The number of anilines is 1. The van der Waals surface area contributed by atoms with Crippen molar-refractivity contribution in [1.82, 2.24) is 0 Å². The minimum Gasteiger partial charge on any atom is -0.487 e. The number of nitrogens with zero attached hydrogens (tertiary/aromatic N) is 1. The molecule has 0 aliphatic carbocycles. The molecule has 1 saturated heterocycles. The molecule has 168 valence electrons. The molecule has 3 aromatic carbocycles. The van der Waals surface area contributed by atoms with Crippen LogP contribution in [0.25, 0.3) is 6.08 Å². The summed E-state index contributed by atoms with van der Waals surface area (Å²) in [5, 5.41) is 0. The van der Waals surface area contributed by atoms with Gasteiger partial charge >= 0.3 is 0 Å². The zero-order chi connectivity index (χ0) is 23.7. The van der Waals surface area contributed by atoms with Crippen LogP contribution in [0.5, 0.6) is 5.75 Å². The van der Waals surface area contributed by atoms with Gasteiger partial charge < -0.3 is 4.74 Å². The fourth-order valence-corrected chi connectivity index (χ4v) is 6.16. The van der Waals surface area contributed by atoms with Crippen LogP contribution < -0.4 is 9.64 Å². The zero-order valence-corrected chi connectivity index (χ0v) is 22.5. The third-order valence-electron chi connectivity index (χ3n) is 5.00. The van der Waals surface area contributed by atoms with Gasteiger partial charge in [-0.15, -0.1) is 0 Å². The van der Waals surface area contributed by atoms with Gasteiger partial charge in [0.1, 0.15) is 18.2 Å². The van der Waals surface area contributed by atoms with E-state index in [4.69, 9.17) is 17.0 Å². The summed E-state index contributed by atoms with van der Waals surface area (Å²) in [6.45, 7) is 4.29. The number of benzene rings is 3. The van der Waals surface area contributed by atoms with Gasteiger partial charge in [-0.1, -0.05) is 53.8 Å². The highest BCUT2D eigenvalue weighted by Gasteiger charge is 2.34. The molecule has 0 bridgehead atoms. The Morgan fingerprint density at radius 3 is 2.36 bits per heavy atom. The Labute approximate surface area is 218 Å². The molecule has 1 fully saturated rings. The number of carbonyl (C=O) groups is 1. The van der Waals surface area contributed by atoms with Crippen LogP contribution in [0.4, 0.5) is 10.1 Å². The van der Waals surface area contributed by atoms with Gasteiger partial charge in [0.05, 0.1) is 19.5 Å². The molecular formula is C25H18Br2FNO2S2. The highest BCUT2D eigenvalue weighted by molar-refractivity contribution is 9.11. The first kappa shape index (κ1) is 24.1. The molecule has 0 N–H and O–H groups in total. The molecule has 0 saturated carbocycles. The van der Waals surface area contributed by atoms with Gasteiger partial charge in [-0.05, 0) is 98.8 Å².